The predicted octanol–water partition coefficient (Wildman–Crippen LogP) is 4.64. The van der Waals surface area contributed by atoms with Crippen LogP contribution in [0.2, 0.25) is 10.3 Å². The second-order valence-electron chi connectivity index (χ2n) is 5.03. The Balaban J connectivity index is 2.62. The largest absolute Gasteiger partial charge is 0.371 e. The van der Waals surface area contributed by atoms with Gasteiger partial charge in [-0.05, 0) is 31.9 Å². The minimum atomic E-state index is -0.641. The van der Waals surface area contributed by atoms with Gasteiger partial charge in [-0.1, -0.05) is 47.5 Å². The molecule has 0 fully saturated rings. The summed E-state index contributed by atoms with van der Waals surface area (Å²) in [4.78, 5) is 8.68. The molecule has 2 rings (SSSR count). The van der Waals surface area contributed by atoms with Crippen LogP contribution in [0.25, 0.3) is 11.1 Å². The van der Waals surface area contributed by atoms with Gasteiger partial charge in [0, 0.05) is 7.11 Å². The lowest BCUT2D eigenvalue weighted by Gasteiger charge is -2.22. The van der Waals surface area contributed by atoms with Crippen molar-refractivity contribution in [2.45, 2.75) is 26.4 Å². The molecule has 106 valence electrons. The molecule has 0 amide bonds. The third-order valence-electron chi connectivity index (χ3n) is 3.28. The lowest BCUT2D eigenvalue weighted by Crippen LogP contribution is -2.23. The van der Waals surface area contributed by atoms with E-state index in [2.05, 4.69) is 9.97 Å². The van der Waals surface area contributed by atoms with E-state index in [1.807, 2.05) is 45.0 Å². The number of halogens is 2. The van der Waals surface area contributed by atoms with E-state index in [4.69, 9.17) is 27.9 Å². The Hall–Kier alpha value is -1.16. The Bertz CT molecular complexity index is 619. The molecule has 0 radical (unpaired) electrons. The molecule has 0 bridgehead atoms. The third-order valence-corrected chi connectivity index (χ3v) is 3.83. The SMILES string of the molecule is COC(C)(C)c1nc(Cl)c(-c2ccccc2C)c(Cl)n1. The Labute approximate surface area is 128 Å². The van der Waals surface area contributed by atoms with Crippen LogP contribution in [0.15, 0.2) is 24.3 Å². The van der Waals surface area contributed by atoms with Gasteiger partial charge in [-0.2, -0.15) is 0 Å². The maximum absolute atomic E-state index is 6.31. The van der Waals surface area contributed by atoms with E-state index in [0.29, 0.717) is 21.7 Å². The zero-order valence-electron chi connectivity index (χ0n) is 11.9. The summed E-state index contributed by atoms with van der Waals surface area (Å²) in [5, 5.41) is 0.666. The molecule has 0 saturated heterocycles. The summed E-state index contributed by atoms with van der Waals surface area (Å²) in [6, 6.07) is 7.84. The van der Waals surface area contributed by atoms with Gasteiger partial charge < -0.3 is 4.74 Å². The number of aromatic nitrogens is 2. The van der Waals surface area contributed by atoms with Gasteiger partial charge in [-0.25, -0.2) is 9.97 Å². The molecule has 0 unspecified atom stereocenters. The number of rotatable bonds is 3. The van der Waals surface area contributed by atoms with Crippen LogP contribution in [0.5, 0.6) is 0 Å². The van der Waals surface area contributed by atoms with E-state index in [1.165, 1.54) is 0 Å². The predicted molar refractivity (Wildman–Crippen MR) is 82.3 cm³/mol. The molecule has 2 aromatic rings. The number of aryl methyl sites for hydroxylation is 1. The summed E-state index contributed by atoms with van der Waals surface area (Å²) in [5.41, 5.74) is 2.02. The highest BCUT2D eigenvalue weighted by molar-refractivity contribution is 6.37. The van der Waals surface area contributed by atoms with Gasteiger partial charge in [0.25, 0.3) is 0 Å². The molecule has 0 N–H and O–H groups in total. The molecule has 0 aliphatic heterocycles. The minimum absolute atomic E-state index is 0.333. The number of benzene rings is 1. The fourth-order valence-electron chi connectivity index (χ4n) is 1.84. The summed E-state index contributed by atoms with van der Waals surface area (Å²) in [6.45, 7) is 5.72. The van der Waals surface area contributed by atoms with Gasteiger partial charge in [0.15, 0.2) is 5.82 Å². The summed E-state index contributed by atoms with van der Waals surface area (Å²) in [6.07, 6.45) is 0. The molecule has 1 aromatic carbocycles. The van der Waals surface area contributed by atoms with Crippen LogP contribution in [0.3, 0.4) is 0 Å². The van der Waals surface area contributed by atoms with Crippen molar-refractivity contribution in [3.05, 3.63) is 46.0 Å². The van der Waals surface area contributed by atoms with Crippen molar-refractivity contribution in [1.82, 2.24) is 9.97 Å². The van der Waals surface area contributed by atoms with Crippen LogP contribution in [-0.4, -0.2) is 17.1 Å². The first-order chi connectivity index (χ1) is 9.36. The smallest absolute Gasteiger partial charge is 0.163 e. The molecule has 0 aliphatic carbocycles. The zero-order valence-corrected chi connectivity index (χ0v) is 13.4. The van der Waals surface area contributed by atoms with Crippen molar-refractivity contribution in [2.75, 3.05) is 7.11 Å². The van der Waals surface area contributed by atoms with E-state index in [0.717, 1.165) is 11.1 Å². The van der Waals surface area contributed by atoms with Gasteiger partial charge in [-0.3, -0.25) is 0 Å². The van der Waals surface area contributed by atoms with Crippen LogP contribution < -0.4 is 0 Å². The Morgan fingerprint density at radius 1 is 1.05 bits per heavy atom. The average Bonchev–Trinajstić information content (AvgIpc) is 2.40. The standard InChI is InChI=1S/C15H16Cl2N2O/c1-9-7-5-6-8-10(9)11-12(16)18-14(19-13(11)17)15(2,3)20-4/h5-8H,1-4H3. The van der Waals surface area contributed by atoms with Crippen LogP contribution >= 0.6 is 23.2 Å². The van der Waals surface area contributed by atoms with E-state index < -0.39 is 5.60 Å². The Kier molecular flexibility index (Phi) is 4.33. The number of nitrogens with zero attached hydrogens (tertiary/aromatic N) is 2. The molecular formula is C15H16Cl2N2O. The summed E-state index contributed by atoms with van der Waals surface area (Å²) >= 11 is 12.6. The second kappa shape index (κ2) is 5.68. The Morgan fingerprint density at radius 3 is 2.10 bits per heavy atom. The monoisotopic (exact) mass is 310 g/mol. The molecule has 0 spiro atoms. The van der Waals surface area contributed by atoms with E-state index in [1.54, 1.807) is 7.11 Å². The molecule has 3 nitrogen and oxygen atoms in total. The first kappa shape index (κ1) is 15.2. The first-order valence-electron chi connectivity index (χ1n) is 6.21. The molecule has 1 heterocycles. The van der Waals surface area contributed by atoms with Gasteiger partial charge in [0.1, 0.15) is 15.9 Å². The highest BCUT2D eigenvalue weighted by Gasteiger charge is 2.26. The van der Waals surface area contributed by atoms with Crippen LogP contribution in [0.1, 0.15) is 25.2 Å². The molecule has 0 saturated carbocycles. The molecule has 0 atom stereocenters. The van der Waals surface area contributed by atoms with Crippen molar-refractivity contribution < 1.29 is 4.74 Å². The van der Waals surface area contributed by atoms with Gasteiger partial charge >= 0.3 is 0 Å². The topological polar surface area (TPSA) is 35.0 Å². The van der Waals surface area contributed by atoms with Crippen LogP contribution in [0, 0.1) is 6.92 Å². The third kappa shape index (κ3) is 2.80. The van der Waals surface area contributed by atoms with E-state index >= 15 is 0 Å². The van der Waals surface area contributed by atoms with E-state index in [9.17, 15) is 0 Å². The molecular weight excluding hydrogens is 295 g/mol. The molecule has 0 aliphatic rings. The molecule has 1 aromatic heterocycles. The van der Waals surface area contributed by atoms with E-state index in [-0.39, 0.29) is 0 Å². The first-order valence-corrected chi connectivity index (χ1v) is 6.97. The fraction of sp³-hybridized carbons (Fsp3) is 0.333. The molecule has 5 heteroatoms. The van der Waals surface area contributed by atoms with Gasteiger partial charge in [0.2, 0.25) is 0 Å². The van der Waals surface area contributed by atoms with Crippen molar-refractivity contribution in [3.8, 4) is 11.1 Å². The van der Waals surface area contributed by atoms with Crippen LogP contribution in [-0.2, 0) is 10.3 Å². The quantitative estimate of drug-likeness (QED) is 0.775. The number of hydrogen-bond acceptors (Lipinski definition) is 3. The van der Waals surface area contributed by atoms with Crippen LogP contribution in [0.4, 0.5) is 0 Å². The van der Waals surface area contributed by atoms with Gasteiger partial charge in [0.05, 0.1) is 5.56 Å². The van der Waals surface area contributed by atoms with Crippen molar-refractivity contribution in [2.24, 2.45) is 0 Å². The van der Waals surface area contributed by atoms with Crippen molar-refractivity contribution >= 4 is 23.2 Å². The van der Waals surface area contributed by atoms with Gasteiger partial charge in [-0.15, -0.1) is 0 Å². The number of methoxy groups -OCH3 is 1. The number of ether oxygens (including phenoxy) is 1. The maximum Gasteiger partial charge on any atom is 0.163 e. The normalized spacial score (nSPS) is 11.7. The summed E-state index contributed by atoms with van der Waals surface area (Å²) in [5.74, 6) is 0.465. The highest BCUT2D eigenvalue weighted by Crippen LogP contribution is 2.36. The lowest BCUT2D eigenvalue weighted by molar-refractivity contribution is 0.0115. The fourth-order valence-corrected chi connectivity index (χ4v) is 2.44. The number of hydrogen-bond donors (Lipinski definition) is 0. The summed E-state index contributed by atoms with van der Waals surface area (Å²) in [7, 11) is 1.60. The highest BCUT2D eigenvalue weighted by atomic mass is 35.5. The molecule has 20 heavy (non-hydrogen) atoms. The zero-order chi connectivity index (χ0) is 14.9. The second-order valence-corrected chi connectivity index (χ2v) is 5.75. The van der Waals surface area contributed by atoms with Crippen molar-refractivity contribution in [1.29, 1.82) is 0 Å². The summed E-state index contributed by atoms with van der Waals surface area (Å²) < 4.78 is 5.36. The van der Waals surface area contributed by atoms with Crippen molar-refractivity contribution in [3.63, 3.8) is 0 Å². The Morgan fingerprint density at radius 2 is 1.60 bits per heavy atom. The minimum Gasteiger partial charge on any atom is -0.371 e. The average molecular weight is 311 g/mol. The maximum atomic E-state index is 6.31. The lowest BCUT2D eigenvalue weighted by atomic mass is 10.0.